The number of carbonyl (C=O) groups excluding carboxylic acids is 1. The Labute approximate surface area is 156 Å². The lowest BCUT2D eigenvalue weighted by Crippen LogP contribution is -2.47. The van der Waals surface area contributed by atoms with Crippen molar-refractivity contribution in [1.29, 1.82) is 10.5 Å². The highest BCUT2D eigenvalue weighted by atomic mass is 32.2. The zero-order chi connectivity index (χ0) is 19.5. The molecule has 2 aliphatic rings. The molecule has 0 aromatic carbocycles. The highest BCUT2D eigenvalue weighted by Gasteiger charge is 2.44. The molecule has 0 spiro atoms. The van der Waals surface area contributed by atoms with Crippen molar-refractivity contribution in [3.8, 4) is 12.1 Å². The quantitative estimate of drug-likeness (QED) is 0.317. The molecule has 1 saturated carbocycles. The van der Waals surface area contributed by atoms with E-state index < -0.39 is 23.0 Å². The average Bonchev–Trinajstić information content (AvgIpc) is 3.02. The van der Waals surface area contributed by atoms with Gasteiger partial charge < -0.3 is 9.29 Å². The first kappa shape index (κ1) is 20.3. The van der Waals surface area contributed by atoms with Crippen LogP contribution in [0, 0.1) is 34.0 Å². The number of rotatable bonds is 4. The van der Waals surface area contributed by atoms with E-state index in [0.29, 0.717) is 37.9 Å². The fourth-order valence-corrected chi connectivity index (χ4v) is 4.41. The van der Waals surface area contributed by atoms with Crippen LogP contribution in [-0.2, 0) is 20.6 Å². The predicted octanol–water partition coefficient (Wildman–Crippen LogP) is 1.78. The highest BCUT2D eigenvalue weighted by molar-refractivity contribution is 7.83. The summed E-state index contributed by atoms with van der Waals surface area (Å²) in [4.78, 5) is 13.1. The van der Waals surface area contributed by atoms with Crippen LogP contribution in [0.4, 0.5) is 0 Å². The van der Waals surface area contributed by atoms with Crippen molar-refractivity contribution in [2.45, 2.75) is 45.3 Å². The molecule has 0 radical (unpaired) electrons. The van der Waals surface area contributed by atoms with Gasteiger partial charge in [-0.25, -0.2) is 4.79 Å². The van der Waals surface area contributed by atoms with Crippen molar-refractivity contribution in [2.24, 2.45) is 11.3 Å². The molecule has 1 aliphatic carbocycles. The van der Waals surface area contributed by atoms with E-state index in [1.807, 2.05) is 13.8 Å². The summed E-state index contributed by atoms with van der Waals surface area (Å²) < 4.78 is 28.2. The molecule has 2 fully saturated rings. The van der Waals surface area contributed by atoms with Crippen molar-refractivity contribution >= 4 is 17.0 Å². The predicted molar refractivity (Wildman–Crippen MR) is 93.7 cm³/mol. The third-order valence-corrected chi connectivity index (χ3v) is 5.67. The maximum atomic E-state index is 11.5. The van der Waals surface area contributed by atoms with E-state index in [9.17, 15) is 24.1 Å². The second-order valence-electron chi connectivity index (χ2n) is 7.47. The van der Waals surface area contributed by atoms with Crippen LogP contribution in [0.25, 0.3) is 0 Å². The molecule has 1 heterocycles. The molecule has 26 heavy (non-hydrogen) atoms. The highest BCUT2D eigenvalue weighted by Crippen LogP contribution is 2.45. The summed E-state index contributed by atoms with van der Waals surface area (Å²) in [6, 6.07) is 3.73. The van der Waals surface area contributed by atoms with Gasteiger partial charge in [0.05, 0.1) is 12.0 Å². The van der Waals surface area contributed by atoms with Gasteiger partial charge in [0.1, 0.15) is 17.1 Å². The molecular weight excluding hydrogens is 354 g/mol. The van der Waals surface area contributed by atoms with Crippen LogP contribution in [0.2, 0.25) is 0 Å². The second kappa shape index (κ2) is 8.13. The van der Waals surface area contributed by atoms with Crippen molar-refractivity contribution in [1.82, 2.24) is 4.90 Å². The number of nitriles is 2. The molecule has 0 aromatic heterocycles. The van der Waals surface area contributed by atoms with Gasteiger partial charge in [-0.15, -0.1) is 0 Å². The Morgan fingerprint density at radius 1 is 1.50 bits per heavy atom. The van der Waals surface area contributed by atoms with Gasteiger partial charge in [0, 0.05) is 25.2 Å². The molecule has 4 unspecified atom stereocenters. The van der Waals surface area contributed by atoms with Gasteiger partial charge in [0.25, 0.3) is 0 Å². The van der Waals surface area contributed by atoms with Crippen LogP contribution in [-0.4, -0.2) is 44.9 Å². The Kier molecular flexibility index (Phi) is 6.35. The molecule has 7 nitrogen and oxygen atoms in total. The van der Waals surface area contributed by atoms with E-state index in [2.05, 4.69) is 17.5 Å². The Morgan fingerprint density at radius 3 is 2.73 bits per heavy atom. The number of likely N-dealkylation sites (tertiary alicyclic amines) is 1. The largest absolute Gasteiger partial charge is 0.768 e. The standard InChI is InChI=1S/C18H23N3O4S/c1-4-17(22)25-12-5-6-21(11-12)15-8-18(2,3)7-13(14(15)9-19)16(10-20)26(23)24/h4,12,14-15H,1,5-8,11H2,2-3H3,(H,23,24)/p-1/b16-13-. The van der Waals surface area contributed by atoms with Crippen molar-refractivity contribution in [3.63, 3.8) is 0 Å². The maximum absolute atomic E-state index is 11.5. The third kappa shape index (κ3) is 4.39. The maximum Gasteiger partial charge on any atom is 0.330 e. The Bertz CT molecular complexity index is 732. The van der Waals surface area contributed by atoms with Crippen LogP contribution < -0.4 is 0 Å². The monoisotopic (exact) mass is 376 g/mol. The minimum atomic E-state index is -2.67. The molecular formula is C18H22N3O4S-. The fraction of sp³-hybridized carbons (Fsp3) is 0.611. The number of hydrogen-bond donors (Lipinski definition) is 0. The summed E-state index contributed by atoms with van der Waals surface area (Å²) in [5, 5.41) is 19.0. The SMILES string of the molecule is C=CC(=O)OC1CCN(C2CC(C)(C)C/C(=C(\C#N)S(=O)[O-])C2C#N)C1. The van der Waals surface area contributed by atoms with Gasteiger partial charge in [-0.3, -0.25) is 9.11 Å². The van der Waals surface area contributed by atoms with Crippen LogP contribution in [0.1, 0.15) is 33.1 Å². The normalized spacial score (nSPS) is 31.3. The first-order valence-corrected chi connectivity index (χ1v) is 9.49. The summed E-state index contributed by atoms with van der Waals surface area (Å²) in [7, 11) is 0. The van der Waals surface area contributed by atoms with Gasteiger partial charge in [0.2, 0.25) is 0 Å². The molecule has 0 aromatic rings. The van der Waals surface area contributed by atoms with E-state index >= 15 is 0 Å². The van der Waals surface area contributed by atoms with Gasteiger partial charge in [-0.05, 0) is 41.3 Å². The Balaban J connectivity index is 2.31. The molecule has 0 N–H and O–H groups in total. The minimum absolute atomic E-state index is 0.224. The average molecular weight is 376 g/mol. The van der Waals surface area contributed by atoms with Crippen LogP contribution in [0.3, 0.4) is 0 Å². The van der Waals surface area contributed by atoms with Gasteiger partial charge in [-0.1, -0.05) is 20.4 Å². The zero-order valence-corrected chi connectivity index (χ0v) is 15.8. The van der Waals surface area contributed by atoms with E-state index in [1.54, 1.807) is 6.07 Å². The Morgan fingerprint density at radius 2 is 2.19 bits per heavy atom. The smallest absolute Gasteiger partial charge is 0.330 e. The van der Waals surface area contributed by atoms with E-state index in [4.69, 9.17) is 4.74 Å². The molecule has 4 atom stereocenters. The lowest BCUT2D eigenvalue weighted by Gasteiger charge is -2.44. The van der Waals surface area contributed by atoms with Crippen molar-refractivity contribution in [3.05, 3.63) is 23.1 Å². The molecule has 8 heteroatoms. The van der Waals surface area contributed by atoms with Crippen LogP contribution in [0.5, 0.6) is 0 Å². The first-order chi connectivity index (χ1) is 12.2. The van der Waals surface area contributed by atoms with Gasteiger partial charge in [0.15, 0.2) is 0 Å². The second-order valence-corrected chi connectivity index (χ2v) is 8.34. The lowest BCUT2D eigenvalue weighted by atomic mass is 9.67. The summed E-state index contributed by atoms with van der Waals surface area (Å²) in [6.45, 7) is 8.51. The minimum Gasteiger partial charge on any atom is -0.768 e. The van der Waals surface area contributed by atoms with Crippen LogP contribution in [0.15, 0.2) is 23.1 Å². The van der Waals surface area contributed by atoms with Gasteiger partial charge in [-0.2, -0.15) is 10.5 Å². The molecule has 0 amide bonds. The molecule has 1 saturated heterocycles. The van der Waals surface area contributed by atoms with E-state index in [1.165, 1.54) is 0 Å². The lowest BCUT2D eigenvalue weighted by molar-refractivity contribution is -0.142. The Hall–Kier alpha value is -2.00. The van der Waals surface area contributed by atoms with E-state index in [-0.39, 0.29) is 22.5 Å². The summed E-state index contributed by atoms with van der Waals surface area (Å²) in [5.74, 6) is -1.16. The summed E-state index contributed by atoms with van der Waals surface area (Å²) in [6.07, 6.45) is 2.57. The molecule has 1 aliphatic heterocycles. The number of allylic oxidation sites excluding steroid dienone is 1. The van der Waals surface area contributed by atoms with E-state index in [0.717, 1.165) is 6.08 Å². The first-order valence-electron chi connectivity index (χ1n) is 8.41. The van der Waals surface area contributed by atoms with Gasteiger partial charge >= 0.3 is 5.97 Å². The number of carbonyl (C=O) groups is 1. The topological polar surface area (TPSA) is 117 Å². The summed E-state index contributed by atoms with van der Waals surface area (Å²) in [5.41, 5.74) is 0.140. The molecule has 2 rings (SSSR count). The third-order valence-electron chi connectivity index (χ3n) is 4.98. The van der Waals surface area contributed by atoms with Crippen molar-refractivity contribution < 1.29 is 18.3 Å². The number of esters is 1. The summed E-state index contributed by atoms with van der Waals surface area (Å²) >= 11 is -2.67. The van der Waals surface area contributed by atoms with Crippen LogP contribution >= 0.6 is 0 Å². The number of nitrogens with zero attached hydrogens (tertiary/aromatic N) is 3. The van der Waals surface area contributed by atoms with Crippen molar-refractivity contribution in [2.75, 3.05) is 13.1 Å². The fourth-order valence-electron chi connectivity index (χ4n) is 3.92. The number of ether oxygens (including phenoxy) is 1. The number of hydrogen-bond acceptors (Lipinski definition) is 7. The molecule has 140 valence electrons. The zero-order valence-electron chi connectivity index (χ0n) is 14.9. The molecule has 0 bridgehead atoms.